The van der Waals surface area contributed by atoms with Gasteiger partial charge in [-0.1, -0.05) is 34.8 Å². The molecule has 0 aliphatic carbocycles. The fourth-order valence-corrected chi connectivity index (χ4v) is 2.24. The molecule has 0 saturated carbocycles. The van der Waals surface area contributed by atoms with Crippen molar-refractivity contribution in [2.24, 2.45) is 0 Å². The second kappa shape index (κ2) is 5.87. The van der Waals surface area contributed by atoms with Crippen LogP contribution < -0.4 is 11.1 Å². The molecule has 2 rings (SSSR count). The summed E-state index contributed by atoms with van der Waals surface area (Å²) >= 11 is 17.7. The van der Waals surface area contributed by atoms with E-state index in [0.29, 0.717) is 22.2 Å². The predicted molar refractivity (Wildman–Crippen MR) is 82.8 cm³/mol. The molecule has 1 heterocycles. The van der Waals surface area contributed by atoms with Crippen LogP contribution in [0.4, 0.5) is 11.4 Å². The number of pyridine rings is 1. The van der Waals surface area contributed by atoms with Crippen LogP contribution in [0.1, 0.15) is 16.1 Å². The van der Waals surface area contributed by atoms with E-state index in [2.05, 4.69) is 10.3 Å². The number of benzene rings is 1. The number of carbonyl (C=O) groups is 1. The third-order valence-corrected chi connectivity index (χ3v) is 3.61. The maximum Gasteiger partial charge on any atom is 0.257 e. The quantitative estimate of drug-likeness (QED) is 0.641. The number of nitrogens with zero attached hydrogens (tertiary/aromatic N) is 1. The first-order valence-corrected chi connectivity index (χ1v) is 6.71. The number of nitrogens with two attached hydrogens (primary N) is 1. The van der Waals surface area contributed by atoms with Crippen molar-refractivity contribution >= 4 is 52.1 Å². The van der Waals surface area contributed by atoms with Crippen LogP contribution in [0.25, 0.3) is 0 Å². The molecule has 1 aromatic carbocycles. The molecule has 4 nitrogen and oxygen atoms in total. The van der Waals surface area contributed by atoms with Crippen molar-refractivity contribution in [1.29, 1.82) is 0 Å². The maximum absolute atomic E-state index is 12.2. The van der Waals surface area contributed by atoms with Gasteiger partial charge in [-0.15, -0.1) is 0 Å². The molecule has 0 spiro atoms. The highest BCUT2D eigenvalue weighted by molar-refractivity contribution is 6.44. The summed E-state index contributed by atoms with van der Waals surface area (Å²) < 4.78 is 0. The molecule has 0 atom stereocenters. The minimum atomic E-state index is -0.420. The van der Waals surface area contributed by atoms with E-state index >= 15 is 0 Å². The van der Waals surface area contributed by atoms with Crippen LogP contribution in [0, 0.1) is 6.92 Å². The lowest BCUT2D eigenvalue weighted by Gasteiger charge is -2.10. The smallest absolute Gasteiger partial charge is 0.257 e. The number of rotatable bonds is 2. The van der Waals surface area contributed by atoms with Gasteiger partial charge in [0.25, 0.3) is 5.91 Å². The van der Waals surface area contributed by atoms with Crippen LogP contribution in [0.5, 0.6) is 0 Å². The number of nitrogen functional groups attached to an aromatic ring is 1. The van der Waals surface area contributed by atoms with Gasteiger partial charge in [0.1, 0.15) is 5.15 Å². The summed E-state index contributed by atoms with van der Waals surface area (Å²) in [5.74, 6) is -0.420. The van der Waals surface area contributed by atoms with E-state index in [0.717, 1.165) is 0 Å². The molecule has 104 valence electrons. The minimum Gasteiger partial charge on any atom is -0.399 e. The molecule has 0 aliphatic heterocycles. The van der Waals surface area contributed by atoms with Crippen molar-refractivity contribution in [3.8, 4) is 0 Å². The van der Waals surface area contributed by atoms with Crippen LogP contribution in [0.15, 0.2) is 24.3 Å². The fourth-order valence-electron chi connectivity index (χ4n) is 1.63. The van der Waals surface area contributed by atoms with Crippen molar-refractivity contribution in [3.05, 3.63) is 50.7 Å². The standard InChI is InChI=1S/C13H10Cl3N3O/c1-6-10(2-3-11(15)18-6)19-13(20)8-4-7(17)5-9(14)12(8)16/h2-5H,17H2,1H3,(H,19,20). The summed E-state index contributed by atoms with van der Waals surface area (Å²) in [5.41, 5.74) is 7.34. The number of aromatic nitrogens is 1. The normalized spacial score (nSPS) is 10.4. The lowest BCUT2D eigenvalue weighted by Crippen LogP contribution is -2.14. The van der Waals surface area contributed by atoms with E-state index in [1.54, 1.807) is 19.1 Å². The molecule has 0 unspecified atom stereocenters. The number of halogens is 3. The summed E-state index contributed by atoms with van der Waals surface area (Å²) in [6.07, 6.45) is 0. The van der Waals surface area contributed by atoms with E-state index in [1.807, 2.05) is 0 Å². The van der Waals surface area contributed by atoms with E-state index in [1.165, 1.54) is 12.1 Å². The Bertz CT molecular complexity index is 689. The van der Waals surface area contributed by atoms with Gasteiger partial charge in [-0.2, -0.15) is 0 Å². The lowest BCUT2D eigenvalue weighted by molar-refractivity contribution is 0.102. The van der Waals surface area contributed by atoms with Gasteiger partial charge in [-0.3, -0.25) is 4.79 Å². The molecule has 2 aromatic rings. The van der Waals surface area contributed by atoms with Gasteiger partial charge < -0.3 is 11.1 Å². The van der Waals surface area contributed by atoms with Crippen LogP contribution in [-0.4, -0.2) is 10.9 Å². The highest BCUT2D eigenvalue weighted by atomic mass is 35.5. The average molecular weight is 331 g/mol. The third kappa shape index (κ3) is 3.15. The molecular formula is C13H10Cl3N3O. The molecular weight excluding hydrogens is 321 g/mol. The Morgan fingerprint density at radius 1 is 1.25 bits per heavy atom. The third-order valence-electron chi connectivity index (χ3n) is 2.60. The van der Waals surface area contributed by atoms with Crippen LogP contribution >= 0.6 is 34.8 Å². The van der Waals surface area contributed by atoms with Crippen molar-refractivity contribution in [2.45, 2.75) is 6.92 Å². The van der Waals surface area contributed by atoms with E-state index < -0.39 is 5.91 Å². The fraction of sp³-hybridized carbons (Fsp3) is 0.0769. The second-order valence-electron chi connectivity index (χ2n) is 4.09. The molecule has 0 saturated heterocycles. The Morgan fingerprint density at radius 3 is 2.60 bits per heavy atom. The van der Waals surface area contributed by atoms with Gasteiger partial charge in [0.05, 0.1) is 27.0 Å². The zero-order valence-corrected chi connectivity index (χ0v) is 12.6. The van der Waals surface area contributed by atoms with Crippen molar-refractivity contribution in [2.75, 3.05) is 11.1 Å². The molecule has 0 bridgehead atoms. The van der Waals surface area contributed by atoms with Crippen molar-refractivity contribution in [1.82, 2.24) is 4.98 Å². The Balaban J connectivity index is 2.33. The second-order valence-corrected chi connectivity index (χ2v) is 5.26. The highest BCUT2D eigenvalue weighted by Crippen LogP contribution is 2.29. The topological polar surface area (TPSA) is 68.0 Å². The number of hydrogen-bond acceptors (Lipinski definition) is 3. The molecule has 0 fully saturated rings. The molecule has 0 aliphatic rings. The van der Waals surface area contributed by atoms with Crippen LogP contribution in [0.3, 0.4) is 0 Å². The zero-order valence-electron chi connectivity index (χ0n) is 10.4. The number of carbonyl (C=O) groups excluding carboxylic acids is 1. The molecule has 1 aromatic heterocycles. The highest BCUT2D eigenvalue weighted by Gasteiger charge is 2.15. The number of nitrogens with one attached hydrogen (secondary N) is 1. The van der Waals surface area contributed by atoms with Gasteiger partial charge in [-0.25, -0.2) is 4.98 Å². The van der Waals surface area contributed by atoms with Gasteiger partial charge in [0, 0.05) is 5.69 Å². The Hall–Kier alpha value is -1.49. The first-order chi connectivity index (χ1) is 9.38. The average Bonchev–Trinajstić information content (AvgIpc) is 2.37. The van der Waals surface area contributed by atoms with E-state index in [4.69, 9.17) is 40.5 Å². The van der Waals surface area contributed by atoms with E-state index in [-0.39, 0.29) is 15.6 Å². The lowest BCUT2D eigenvalue weighted by atomic mass is 10.1. The first-order valence-electron chi connectivity index (χ1n) is 5.57. The largest absolute Gasteiger partial charge is 0.399 e. The zero-order chi connectivity index (χ0) is 14.9. The Kier molecular flexibility index (Phi) is 4.38. The summed E-state index contributed by atoms with van der Waals surface area (Å²) in [5, 5.41) is 3.42. The first kappa shape index (κ1) is 14.9. The molecule has 7 heteroatoms. The van der Waals surface area contributed by atoms with Crippen LogP contribution in [0.2, 0.25) is 15.2 Å². The minimum absolute atomic E-state index is 0.151. The maximum atomic E-state index is 12.2. The number of aryl methyl sites for hydroxylation is 1. The summed E-state index contributed by atoms with van der Waals surface area (Å²) in [7, 11) is 0. The summed E-state index contributed by atoms with van der Waals surface area (Å²) in [6.45, 7) is 1.73. The molecule has 0 radical (unpaired) electrons. The summed E-state index contributed by atoms with van der Waals surface area (Å²) in [6, 6.07) is 6.18. The molecule has 1 amide bonds. The van der Waals surface area contributed by atoms with Gasteiger partial charge in [0.2, 0.25) is 0 Å². The van der Waals surface area contributed by atoms with Crippen molar-refractivity contribution in [3.63, 3.8) is 0 Å². The molecule has 20 heavy (non-hydrogen) atoms. The van der Waals surface area contributed by atoms with Crippen molar-refractivity contribution < 1.29 is 4.79 Å². The van der Waals surface area contributed by atoms with E-state index in [9.17, 15) is 4.79 Å². The summed E-state index contributed by atoms with van der Waals surface area (Å²) in [4.78, 5) is 16.3. The monoisotopic (exact) mass is 329 g/mol. The Morgan fingerprint density at radius 2 is 1.95 bits per heavy atom. The molecule has 3 N–H and O–H groups in total. The van der Waals surface area contributed by atoms with Gasteiger partial charge in [-0.05, 0) is 31.2 Å². The number of anilines is 2. The number of amides is 1. The van der Waals surface area contributed by atoms with Gasteiger partial charge in [0.15, 0.2) is 0 Å². The van der Waals surface area contributed by atoms with Crippen LogP contribution in [-0.2, 0) is 0 Å². The Labute approximate surface area is 130 Å². The SMILES string of the molecule is Cc1nc(Cl)ccc1NC(=O)c1cc(N)cc(Cl)c1Cl. The van der Waals surface area contributed by atoms with Gasteiger partial charge >= 0.3 is 0 Å². The predicted octanol–water partition coefficient (Wildman–Crippen LogP) is 4.18. The number of hydrogen-bond donors (Lipinski definition) is 2.